The maximum atomic E-state index is 12.9. The summed E-state index contributed by atoms with van der Waals surface area (Å²) in [6.07, 6.45) is 1.53. The third-order valence-corrected chi connectivity index (χ3v) is 3.16. The van der Waals surface area contributed by atoms with Crippen LogP contribution < -0.4 is 11.1 Å². The number of nitrogen functional groups attached to an aromatic ring is 1. The minimum absolute atomic E-state index is 0.202. The Hall–Kier alpha value is -2.08. The molecule has 2 aromatic rings. The van der Waals surface area contributed by atoms with Crippen LogP contribution in [0.25, 0.3) is 0 Å². The summed E-state index contributed by atoms with van der Waals surface area (Å²) in [5.74, 6) is -0.396. The molecule has 0 spiro atoms. The first-order valence-corrected chi connectivity index (χ1v) is 6.52. The summed E-state index contributed by atoms with van der Waals surface area (Å²) >= 11 is 1.29. The summed E-state index contributed by atoms with van der Waals surface area (Å²) in [5, 5.41) is 3.32. The number of thioether (sulfide) groups is 1. The lowest BCUT2D eigenvalue weighted by Gasteiger charge is -2.05. The summed E-state index contributed by atoms with van der Waals surface area (Å²) < 4.78 is 12.9. The largest absolute Gasteiger partial charge is 0.397 e. The number of nitrogens with zero attached hydrogens (tertiary/aromatic N) is 1. The highest BCUT2D eigenvalue weighted by molar-refractivity contribution is 7.99. The van der Waals surface area contributed by atoms with Crippen LogP contribution in [0.3, 0.4) is 0 Å². The van der Waals surface area contributed by atoms with E-state index in [-0.39, 0.29) is 17.5 Å². The van der Waals surface area contributed by atoms with E-state index in [9.17, 15) is 9.18 Å². The maximum absolute atomic E-state index is 12.9. The molecule has 4 nitrogen and oxygen atoms in total. The van der Waals surface area contributed by atoms with Crippen LogP contribution in [0.1, 0.15) is 0 Å². The SMILES string of the molecule is Nc1ccc(SCC(=O)Nc2cccc(F)c2)nc1. The Labute approximate surface area is 114 Å². The van der Waals surface area contributed by atoms with Crippen molar-refractivity contribution in [3.05, 3.63) is 48.4 Å². The van der Waals surface area contributed by atoms with Gasteiger partial charge in [-0.15, -0.1) is 0 Å². The van der Waals surface area contributed by atoms with Crippen molar-refractivity contribution in [1.29, 1.82) is 0 Å². The van der Waals surface area contributed by atoms with Crippen LogP contribution in [-0.4, -0.2) is 16.6 Å². The van der Waals surface area contributed by atoms with Gasteiger partial charge in [0, 0.05) is 5.69 Å². The molecule has 0 aliphatic carbocycles. The Morgan fingerprint density at radius 2 is 2.21 bits per heavy atom. The number of hydrogen-bond acceptors (Lipinski definition) is 4. The summed E-state index contributed by atoms with van der Waals surface area (Å²) in [5.41, 5.74) is 6.53. The van der Waals surface area contributed by atoms with Crippen LogP contribution >= 0.6 is 11.8 Å². The average molecular weight is 277 g/mol. The Kier molecular flexibility index (Phi) is 4.35. The summed E-state index contributed by atoms with van der Waals surface area (Å²) in [6, 6.07) is 9.23. The normalized spacial score (nSPS) is 10.2. The van der Waals surface area contributed by atoms with E-state index in [4.69, 9.17) is 5.73 Å². The summed E-state index contributed by atoms with van der Waals surface area (Å²) in [4.78, 5) is 15.7. The van der Waals surface area contributed by atoms with E-state index in [2.05, 4.69) is 10.3 Å². The molecule has 1 amide bonds. The third kappa shape index (κ3) is 4.26. The van der Waals surface area contributed by atoms with Gasteiger partial charge in [0.1, 0.15) is 5.82 Å². The highest BCUT2D eigenvalue weighted by Crippen LogP contribution is 2.16. The first kappa shape index (κ1) is 13.4. The van der Waals surface area contributed by atoms with Crippen molar-refractivity contribution in [2.45, 2.75) is 5.03 Å². The minimum atomic E-state index is -0.384. The highest BCUT2D eigenvalue weighted by atomic mass is 32.2. The maximum Gasteiger partial charge on any atom is 0.234 e. The van der Waals surface area contributed by atoms with E-state index in [1.807, 2.05) is 0 Å². The predicted octanol–water partition coefficient (Wildman–Crippen LogP) is 2.53. The Morgan fingerprint density at radius 1 is 1.37 bits per heavy atom. The lowest BCUT2D eigenvalue weighted by Crippen LogP contribution is -2.14. The molecular formula is C13H12FN3OS. The average Bonchev–Trinajstić information content (AvgIpc) is 2.38. The molecule has 3 N–H and O–H groups in total. The predicted molar refractivity (Wildman–Crippen MR) is 74.4 cm³/mol. The van der Waals surface area contributed by atoms with E-state index in [1.54, 1.807) is 24.3 Å². The number of aromatic nitrogens is 1. The van der Waals surface area contributed by atoms with Gasteiger partial charge in [-0.1, -0.05) is 17.8 Å². The molecule has 1 heterocycles. The molecule has 0 saturated heterocycles. The summed E-state index contributed by atoms with van der Waals surface area (Å²) in [7, 11) is 0. The van der Waals surface area contributed by atoms with Crippen molar-refractivity contribution in [3.8, 4) is 0 Å². The number of benzene rings is 1. The second-order valence-electron chi connectivity index (χ2n) is 3.78. The first-order chi connectivity index (χ1) is 9.13. The van der Waals surface area contributed by atoms with Gasteiger partial charge >= 0.3 is 0 Å². The molecule has 1 aromatic heterocycles. The number of carbonyl (C=O) groups is 1. The van der Waals surface area contributed by atoms with Crippen molar-refractivity contribution in [1.82, 2.24) is 4.98 Å². The number of anilines is 2. The third-order valence-electron chi connectivity index (χ3n) is 2.22. The molecule has 0 aliphatic heterocycles. The van der Waals surface area contributed by atoms with Gasteiger partial charge in [-0.2, -0.15) is 0 Å². The molecular weight excluding hydrogens is 265 g/mol. The Morgan fingerprint density at radius 3 is 2.89 bits per heavy atom. The van der Waals surface area contributed by atoms with Crippen molar-refractivity contribution in [2.75, 3.05) is 16.8 Å². The van der Waals surface area contributed by atoms with E-state index in [1.165, 1.54) is 30.1 Å². The van der Waals surface area contributed by atoms with Gasteiger partial charge in [0.05, 0.1) is 22.7 Å². The number of amides is 1. The summed E-state index contributed by atoms with van der Waals surface area (Å²) in [6.45, 7) is 0. The molecule has 0 saturated carbocycles. The molecule has 19 heavy (non-hydrogen) atoms. The smallest absolute Gasteiger partial charge is 0.234 e. The van der Waals surface area contributed by atoms with E-state index < -0.39 is 0 Å². The molecule has 1 aromatic carbocycles. The molecule has 0 aliphatic rings. The fourth-order valence-electron chi connectivity index (χ4n) is 1.38. The van der Waals surface area contributed by atoms with Gasteiger partial charge in [-0.05, 0) is 30.3 Å². The lowest BCUT2D eigenvalue weighted by molar-refractivity contribution is -0.113. The number of halogens is 1. The Bertz CT molecular complexity index is 574. The molecule has 98 valence electrons. The second kappa shape index (κ2) is 6.19. The van der Waals surface area contributed by atoms with Gasteiger partial charge in [0.25, 0.3) is 0 Å². The molecule has 0 fully saturated rings. The van der Waals surface area contributed by atoms with E-state index >= 15 is 0 Å². The molecule has 0 bridgehead atoms. The molecule has 6 heteroatoms. The van der Waals surface area contributed by atoms with Crippen LogP contribution in [0.2, 0.25) is 0 Å². The zero-order chi connectivity index (χ0) is 13.7. The topological polar surface area (TPSA) is 68.0 Å². The number of nitrogens with one attached hydrogen (secondary N) is 1. The van der Waals surface area contributed by atoms with Crippen molar-refractivity contribution >= 4 is 29.0 Å². The van der Waals surface area contributed by atoms with Gasteiger partial charge in [0.15, 0.2) is 0 Å². The fraction of sp³-hybridized carbons (Fsp3) is 0.0769. The number of pyridine rings is 1. The van der Waals surface area contributed by atoms with Crippen molar-refractivity contribution < 1.29 is 9.18 Å². The minimum Gasteiger partial charge on any atom is -0.397 e. The fourth-order valence-corrected chi connectivity index (χ4v) is 2.02. The van der Waals surface area contributed by atoms with Crippen LogP contribution in [0.4, 0.5) is 15.8 Å². The molecule has 0 atom stereocenters. The standard InChI is InChI=1S/C13H12FN3OS/c14-9-2-1-3-11(6-9)17-12(18)8-19-13-5-4-10(15)7-16-13/h1-7H,8,15H2,(H,17,18). The first-order valence-electron chi connectivity index (χ1n) is 5.53. The monoisotopic (exact) mass is 277 g/mol. The second-order valence-corrected chi connectivity index (χ2v) is 4.77. The van der Waals surface area contributed by atoms with E-state index in [0.717, 1.165) is 0 Å². The van der Waals surface area contributed by atoms with Gasteiger partial charge in [-0.25, -0.2) is 9.37 Å². The number of carbonyl (C=O) groups excluding carboxylic acids is 1. The number of hydrogen-bond donors (Lipinski definition) is 2. The molecule has 0 radical (unpaired) electrons. The van der Waals surface area contributed by atoms with Crippen LogP contribution in [-0.2, 0) is 4.79 Å². The Balaban J connectivity index is 1.86. The van der Waals surface area contributed by atoms with Crippen LogP contribution in [0.5, 0.6) is 0 Å². The molecule has 0 unspecified atom stereocenters. The number of nitrogens with two attached hydrogens (primary N) is 1. The zero-order valence-electron chi connectivity index (χ0n) is 9.97. The van der Waals surface area contributed by atoms with Crippen LogP contribution in [0.15, 0.2) is 47.6 Å². The zero-order valence-corrected chi connectivity index (χ0v) is 10.8. The van der Waals surface area contributed by atoms with Gasteiger partial charge < -0.3 is 11.1 Å². The quantitative estimate of drug-likeness (QED) is 0.843. The number of rotatable bonds is 4. The molecule has 2 rings (SSSR count). The van der Waals surface area contributed by atoms with E-state index in [0.29, 0.717) is 16.4 Å². The highest BCUT2D eigenvalue weighted by Gasteiger charge is 2.05. The van der Waals surface area contributed by atoms with Crippen molar-refractivity contribution in [2.24, 2.45) is 0 Å². The van der Waals surface area contributed by atoms with Crippen molar-refractivity contribution in [3.63, 3.8) is 0 Å². The lowest BCUT2D eigenvalue weighted by atomic mass is 10.3. The van der Waals surface area contributed by atoms with Gasteiger partial charge in [0.2, 0.25) is 5.91 Å². The van der Waals surface area contributed by atoms with Crippen LogP contribution in [0, 0.1) is 5.82 Å². The van der Waals surface area contributed by atoms with Gasteiger partial charge in [-0.3, -0.25) is 4.79 Å².